The molecule has 0 saturated heterocycles. The average molecular weight is 489 g/mol. The third-order valence-electron chi connectivity index (χ3n) is 5.85. The van der Waals surface area contributed by atoms with Gasteiger partial charge in [-0.3, -0.25) is 4.79 Å². The molecule has 1 aromatic heterocycles. The summed E-state index contributed by atoms with van der Waals surface area (Å²) in [5.41, 5.74) is 1.73. The SMILES string of the molecule is Cc1cc(N(C)C)nc(NC2CCC(c3c(C(N)=O)cc(C(F)(F)F)cc3C(F)(F)F)CC2)n1. The molecule has 0 bridgehead atoms. The van der Waals surface area contributed by atoms with Crippen LogP contribution in [-0.2, 0) is 12.4 Å². The van der Waals surface area contributed by atoms with Crippen LogP contribution in [0.4, 0.5) is 38.1 Å². The molecule has 6 nitrogen and oxygen atoms in total. The zero-order chi connectivity index (χ0) is 25.4. The van der Waals surface area contributed by atoms with Crippen LogP contribution in [0.5, 0.6) is 0 Å². The Morgan fingerprint density at radius 3 is 2.12 bits per heavy atom. The van der Waals surface area contributed by atoms with Crippen LogP contribution in [-0.4, -0.2) is 36.0 Å². The zero-order valence-electron chi connectivity index (χ0n) is 18.8. The minimum atomic E-state index is -5.08. The first-order valence-electron chi connectivity index (χ1n) is 10.6. The molecule has 1 aromatic carbocycles. The van der Waals surface area contributed by atoms with Gasteiger partial charge in [-0.1, -0.05) is 0 Å². The molecule has 1 amide bonds. The number of carbonyl (C=O) groups excluding carboxylic acids is 1. The highest BCUT2D eigenvalue weighted by Gasteiger charge is 2.42. The van der Waals surface area contributed by atoms with Crippen molar-refractivity contribution in [2.24, 2.45) is 5.73 Å². The fourth-order valence-corrected chi connectivity index (χ4v) is 4.25. The number of anilines is 2. The van der Waals surface area contributed by atoms with Gasteiger partial charge in [-0.05, 0) is 56.2 Å². The molecule has 0 unspecified atom stereocenters. The van der Waals surface area contributed by atoms with E-state index < -0.39 is 46.4 Å². The fraction of sp³-hybridized carbons (Fsp3) is 0.500. The summed E-state index contributed by atoms with van der Waals surface area (Å²) in [6.07, 6.45) is -8.86. The van der Waals surface area contributed by atoms with Gasteiger partial charge in [0.15, 0.2) is 0 Å². The topological polar surface area (TPSA) is 84.1 Å². The van der Waals surface area contributed by atoms with Crippen molar-refractivity contribution in [2.45, 2.75) is 56.9 Å². The Labute approximate surface area is 192 Å². The second-order valence-corrected chi connectivity index (χ2v) is 8.62. The van der Waals surface area contributed by atoms with Crippen LogP contribution in [0.15, 0.2) is 18.2 Å². The fourth-order valence-electron chi connectivity index (χ4n) is 4.25. The molecular formula is C22H25F6N5O. The Morgan fingerprint density at radius 2 is 1.62 bits per heavy atom. The number of benzene rings is 1. The molecule has 0 atom stereocenters. The Kier molecular flexibility index (Phi) is 6.99. The lowest BCUT2D eigenvalue weighted by molar-refractivity contribution is -0.143. The minimum absolute atomic E-state index is 0.0650. The van der Waals surface area contributed by atoms with Crippen LogP contribution >= 0.6 is 0 Å². The molecule has 0 radical (unpaired) electrons. The van der Waals surface area contributed by atoms with Gasteiger partial charge >= 0.3 is 12.4 Å². The van der Waals surface area contributed by atoms with Gasteiger partial charge in [0.2, 0.25) is 11.9 Å². The summed E-state index contributed by atoms with van der Waals surface area (Å²) >= 11 is 0. The predicted octanol–water partition coefficient (Wildman–Crippen LogP) is 5.13. The van der Waals surface area contributed by atoms with Crippen molar-refractivity contribution in [1.82, 2.24) is 9.97 Å². The number of carbonyl (C=O) groups is 1. The molecule has 1 fully saturated rings. The molecule has 186 valence electrons. The normalized spacial score (nSPS) is 19.1. The maximum atomic E-state index is 13.8. The smallest absolute Gasteiger partial charge is 0.366 e. The largest absolute Gasteiger partial charge is 0.416 e. The van der Waals surface area contributed by atoms with Gasteiger partial charge in [-0.2, -0.15) is 31.3 Å². The van der Waals surface area contributed by atoms with Gasteiger partial charge < -0.3 is 16.0 Å². The maximum Gasteiger partial charge on any atom is 0.416 e. The van der Waals surface area contributed by atoms with Crippen molar-refractivity contribution in [3.63, 3.8) is 0 Å². The summed E-state index contributed by atoms with van der Waals surface area (Å²) in [6.45, 7) is 1.81. The highest BCUT2D eigenvalue weighted by Crippen LogP contribution is 2.45. The van der Waals surface area contributed by atoms with Crippen LogP contribution < -0.4 is 16.0 Å². The van der Waals surface area contributed by atoms with E-state index in [0.717, 1.165) is 5.69 Å². The highest BCUT2D eigenvalue weighted by molar-refractivity contribution is 5.95. The number of halogens is 6. The molecule has 2 aromatic rings. The monoisotopic (exact) mass is 489 g/mol. The Hall–Kier alpha value is -3.05. The first-order valence-corrected chi connectivity index (χ1v) is 10.6. The molecule has 0 aliphatic heterocycles. The van der Waals surface area contributed by atoms with Crippen molar-refractivity contribution in [3.8, 4) is 0 Å². The summed E-state index contributed by atoms with van der Waals surface area (Å²) in [5.74, 6) is -1.02. The Balaban J connectivity index is 1.88. The highest BCUT2D eigenvalue weighted by atomic mass is 19.4. The van der Waals surface area contributed by atoms with E-state index in [0.29, 0.717) is 30.7 Å². The van der Waals surface area contributed by atoms with Gasteiger partial charge in [0.05, 0.1) is 11.1 Å². The molecule has 1 aliphatic rings. The lowest BCUT2D eigenvalue weighted by Gasteiger charge is -2.32. The first kappa shape index (κ1) is 25.6. The van der Waals surface area contributed by atoms with Crippen LogP contribution in [0, 0.1) is 6.92 Å². The zero-order valence-corrected chi connectivity index (χ0v) is 18.8. The standard InChI is InChI=1S/C22H25F6N5O/c1-11-8-17(33(2)3)32-20(30-11)31-14-6-4-12(5-7-14)18-15(19(29)34)9-13(21(23,24)25)10-16(18)22(26,27)28/h8-10,12,14H,4-7H2,1-3H3,(H2,29,34)(H,30,31,32). The maximum absolute atomic E-state index is 13.8. The van der Waals surface area contributed by atoms with E-state index in [9.17, 15) is 31.1 Å². The number of nitrogens with one attached hydrogen (secondary N) is 1. The van der Waals surface area contributed by atoms with Gasteiger partial charge in [0.1, 0.15) is 5.82 Å². The third-order valence-corrected chi connectivity index (χ3v) is 5.85. The van der Waals surface area contributed by atoms with Crippen molar-refractivity contribution in [2.75, 3.05) is 24.3 Å². The van der Waals surface area contributed by atoms with E-state index in [-0.39, 0.29) is 24.9 Å². The average Bonchev–Trinajstić information content (AvgIpc) is 2.71. The quantitative estimate of drug-likeness (QED) is 0.570. The van der Waals surface area contributed by atoms with Gasteiger partial charge in [-0.25, -0.2) is 4.98 Å². The van der Waals surface area contributed by atoms with Crippen LogP contribution in [0.25, 0.3) is 0 Å². The number of nitrogens with two attached hydrogens (primary N) is 1. The lowest BCUT2D eigenvalue weighted by Crippen LogP contribution is -2.29. The third kappa shape index (κ3) is 5.71. The number of primary amides is 1. The van der Waals surface area contributed by atoms with Gasteiger partial charge in [-0.15, -0.1) is 0 Å². The second-order valence-electron chi connectivity index (χ2n) is 8.62. The second kappa shape index (κ2) is 9.30. The van der Waals surface area contributed by atoms with Crippen molar-refractivity contribution < 1.29 is 31.1 Å². The molecule has 0 spiro atoms. The van der Waals surface area contributed by atoms with Crippen LogP contribution in [0.3, 0.4) is 0 Å². The van der Waals surface area contributed by atoms with Crippen molar-refractivity contribution in [3.05, 3.63) is 46.1 Å². The predicted molar refractivity (Wildman–Crippen MR) is 115 cm³/mol. The molecule has 3 rings (SSSR count). The van der Waals surface area contributed by atoms with E-state index in [1.165, 1.54) is 0 Å². The van der Waals surface area contributed by atoms with E-state index in [2.05, 4.69) is 15.3 Å². The van der Waals surface area contributed by atoms with E-state index >= 15 is 0 Å². The number of hydrogen-bond donors (Lipinski definition) is 2. The summed E-state index contributed by atoms with van der Waals surface area (Å²) < 4.78 is 80.9. The molecule has 3 N–H and O–H groups in total. The molecule has 34 heavy (non-hydrogen) atoms. The molecule has 1 aliphatic carbocycles. The summed E-state index contributed by atoms with van der Waals surface area (Å²) in [4.78, 5) is 22.5. The van der Waals surface area contributed by atoms with Crippen molar-refractivity contribution in [1.29, 1.82) is 0 Å². The molecule has 12 heteroatoms. The Bertz CT molecular complexity index is 1060. The van der Waals surface area contributed by atoms with Gasteiger partial charge in [0, 0.05) is 37.5 Å². The number of alkyl halides is 6. The van der Waals surface area contributed by atoms with Crippen molar-refractivity contribution >= 4 is 17.7 Å². The first-order chi connectivity index (χ1) is 15.7. The lowest BCUT2D eigenvalue weighted by atomic mass is 9.77. The van der Waals surface area contributed by atoms with Crippen LogP contribution in [0.2, 0.25) is 0 Å². The number of nitrogens with zero attached hydrogens (tertiary/aromatic N) is 3. The van der Waals surface area contributed by atoms with Gasteiger partial charge in [0.25, 0.3) is 0 Å². The number of aryl methyl sites for hydroxylation is 1. The number of aromatic nitrogens is 2. The summed E-state index contributed by atoms with van der Waals surface area (Å²) in [5, 5.41) is 3.19. The van der Waals surface area contributed by atoms with E-state index in [1.807, 2.05) is 25.9 Å². The summed E-state index contributed by atoms with van der Waals surface area (Å²) in [7, 11) is 3.66. The minimum Gasteiger partial charge on any atom is -0.366 e. The number of rotatable bonds is 5. The molecule has 1 heterocycles. The van der Waals surface area contributed by atoms with E-state index in [1.54, 1.807) is 6.07 Å². The molecular weight excluding hydrogens is 464 g/mol. The number of hydrogen-bond acceptors (Lipinski definition) is 5. The van der Waals surface area contributed by atoms with E-state index in [4.69, 9.17) is 5.73 Å². The molecule has 1 saturated carbocycles. The Morgan fingerprint density at radius 1 is 1.00 bits per heavy atom. The van der Waals surface area contributed by atoms with Crippen LogP contribution in [0.1, 0.15) is 64.3 Å². The summed E-state index contributed by atoms with van der Waals surface area (Å²) in [6, 6.07) is 2.14. The number of amides is 1.